The third kappa shape index (κ3) is 6.07. The molecule has 38 heavy (non-hydrogen) atoms. The van der Waals surface area contributed by atoms with Crippen LogP contribution in [-0.2, 0) is 23.1 Å². The Morgan fingerprint density at radius 2 is 1.95 bits per heavy atom. The molecule has 1 N–H and O–H groups in total. The molecule has 0 spiro atoms. The first-order valence-corrected chi connectivity index (χ1v) is 13.3. The number of ether oxygens (including phenoxy) is 2. The number of amides is 2. The Hall–Kier alpha value is -3.67. The number of fused-ring (bicyclic) bond motifs is 1. The molecule has 1 aromatic carbocycles. The highest BCUT2D eigenvalue weighted by Crippen LogP contribution is 2.32. The maximum absolute atomic E-state index is 13.1. The van der Waals surface area contributed by atoms with Gasteiger partial charge in [-0.1, -0.05) is 41.7 Å². The van der Waals surface area contributed by atoms with Gasteiger partial charge in [-0.25, -0.2) is 9.78 Å². The van der Waals surface area contributed by atoms with Crippen LogP contribution in [0.15, 0.2) is 35.1 Å². The van der Waals surface area contributed by atoms with E-state index in [-0.39, 0.29) is 29.0 Å². The minimum Gasteiger partial charge on any atom is -0.444 e. The summed E-state index contributed by atoms with van der Waals surface area (Å²) in [6, 6.07) is 9.42. The Labute approximate surface area is 225 Å². The first-order valence-electron chi connectivity index (χ1n) is 12.5. The zero-order chi connectivity index (χ0) is 27.6. The third-order valence-corrected chi connectivity index (χ3v) is 7.19. The summed E-state index contributed by atoms with van der Waals surface area (Å²) in [5.41, 5.74) is 0.212. The van der Waals surface area contributed by atoms with Gasteiger partial charge < -0.3 is 19.7 Å². The van der Waals surface area contributed by atoms with Gasteiger partial charge >= 0.3 is 12.1 Å². The molecule has 204 valence electrons. The smallest absolute Gasteiger partial charge is 0.412 e. The fraction of sp³-hybridized carbons (Fsp3) is 0.500. The lowest BCUT2D eigenvalue weighted by Crippen LogP contribution is -2.43. The Balaban J connectivity index is 1.51. The van der Waals surface area contributed by atoms with Crippen molar-refractivity contribution >= 4 is 38.8 Å². The van der Waals surface area contributed by atoms with Gasteiger partial charge in [0.2, 0.25) is 5.91 Å². The highest BCUT2D eigenvalue weighted by atomic mass is 32.1. The van der Waals surface area contributed by atoms with Crippen molar-refractivity contribution in [2.45, 2.75) is 65.0 Å². The van der Waals surface area contributed by atoms with Gasteiger partial charge in [0.05, 0.1) is 0 Å². The molecular formula is C26H34N6O5S. The van der Waals surface area contributed by atoms with Crippen LogP contribution in [0, 0.1) is 0 Å². The van der Waals surface area contributed by atoms with E-state index in [0.717, 1.165) is 12.0 Å². The van der Waals surface area contributed by atoms with E-state index < -0.39 is 17.9 Å². The fourth-order valence-electron chi connectivity index (χ4n) is 4.04. The first-order chi connectivity index (χ1) is 17.9. The first kappa shape index (κ1) is 27.4. The van der Waals surface area contributed by atoms with E-state index in [2.05, 4.69) is 15.3 Å². The molecule has 1 saturated heterocycles. The number of nitrogens with zero attached hydrogens (tertiary/aromatic N) is 5. The Morgan fingerprint density at radius 3 is 2.63 bits per heavy atom. The van der Waals surface area contributed by atoms with Crippen molar-refractivity contribution in [2.24, 2.45) is 7.05 Å². The number of nitrogens with one attached hydrogen (secondary N) is 1. The van der Waals surface area contributed by atoms with Crippen molar-refractivity contribution in [3.8, 4) is 6.01 Å². The minimum atomic E-state index is -0.746. The van der Waals surface area contributed by atoms with E-state index in [4.69, 9.17) is 9.47 Å². The van der Waals surface area contributed by atoms with Crippen molar-refractivity contribution in [1.82, 2.24) is 24.8 Å². The van der Waals surface area contributed by atoms with Gasteiger partial charge in [0.25, 0.3) is 5.56 Å². The second-order valence-corrected chi connectivity index (χ2v) is 11.2. The number of aromatic nitrogens is 3. The molecule has 2 atom stereocenters. The van der Waals surface area contributed by atoms with Crippen molar-refractivity contribution in [2.75, 3.05) is 18.5 Å². The van der Waals surface area contributed by atoms with Gasteiger partial charge in [-0.15, -0.1) is 0 Å². The Bertz CT molecular complexity index is 1370. The molecule has 11 nitrogen and oxygen atoms in total. The third-order valence-electron chi connectivity index (χ3n) is 6.20. The Kier molecular flexibility index (Phi) is 7.91. The van der Waals surface area contributed by atoms with Crippen molar-refractivity contribution in [3.05, 3.63) is 46.2 Å². The van der Waals surface area contributed by atoms with E-state index in [0.29, 0.717) is 29.5 Å². The lowest BCUT2D eigenvalue weighted by atomic mass is 10.2. The zero-order valence-electron chi connectivity index (χ0n) is 22.6. The van der Waals surface area contributed by atoms with E-state index in [1.165, 1.54) is 20.8 Å². The topological polar surface area (TPSA) is 119 Å². The molecule has 0 aliphatic carbocycles. The lowest BCUT2D eigenvalue weighted by Gasteiger charge is -2.28. The van der Waals surface area contributed by atoms with Crippen LogP contribution in [0.25, 0.3) is 10.3 Å². The molecule has 0 radical (unpaired) electrons. The summed E-state index contributed by atoms with van der Waals surface area (Å²) in [5, 5.41) is 3.58. The molecule has 4 rings (SSSR count). The predicted molar refractivity (Wildman–Crippen MR) is 145 cm³/mol. The van der Waals surface area contributed by atoms with Crippen molar-refractivity contribution in [3.63, 3.8) is 0 Å². The maximum atomic E-state index is 13.1. The molecule has 1 aliphatic rings. The normalized spacial score (nSPS) is 16.4. The van der Waals surface area contributed by atoms with Gasteiger partial charge in [0.15, 0.2) is 21.7 Å². The van der Waals surface area contributed by atoms with Gasteiger partial charge in [-0.2, -0.15) is 4.98 Å². The standard InChI is InChI=1S/C26H34N6O5S/c1-16(30(5)25(35)37-26(2,3)4)36-23-29-21-19(22(34)31(23)6)28-24(38-21)32-14-10-13-18(32)20(33)27-15-17-11-8-7-9-12-17/h7-9,11-12,16,18H,10,13-15H2,1-6H3,(H,27,33). The molecule has 1 fully saturated rings. The van der Waals surface area contributed by atoms with Gasteiger partial charge in [-0.3, -0.25) is 19.1 Å². The van der Waals surface area contributed by atoms with Crippen LogP contribution in [0.5, 0.6) is 6.01 Å². The molecule has 0 saturated carbocycles. The number of rotatable bonds is 7. The van der Waals surface area contributed by atoms with Gasteiger partial charge in [0, 0.05) is 27.2 Å². The number of anilines is 1. The Morgan fingerprint density at radius 1 is 1.24 bits per heavy atom. The SMILES string of the molecule is CC(Oc1nc2sc(N3CCCC3C(=O)NCc3ccccc3)nc2c(=O)n1C)N(C)C(=O)OC(C)(C)C. The monoisotopic (exact) mass is 542 g/mol. The highest BCUT2D eigenvalue weighted by Gasteiger charge is 2.33. The molecule has 2 unspecified atom stereocenters. The van der Waals surface area contributed by atoms with Gasteiger partial charge in [0.1, 0.15) is 11.6 Å². The number of carbonyl (C=O) groups excluding carboxylic acids is 2. The number of hydrogen-bond donors (Lipinski definition) is 1. The largest absolute Gasteiger partial charge is 0.444 e. The van der Waals surface area contributed by atoms with Crippen LogP contribution >= 0.6 is 11.3 Å². The summed E-state index contributed by atoms with van der Waals surface area (Å²) in [5.74, 6) is -0.0745. The highest BCUT2D eigenvalue weighted by molar-refractivity contribution is 7.21. The molecule has 0 bridgehead atoms. The minimum absolute atomic E-state index is 0.0548. The number of hydrogen-bond acceptors (Lipinski definition) is 9. The predicted octanol–water partition coefficient (Wildman–Crippen LogP) is 3.27. The summed E-state index contributed by atoms with van der Waals surface area (Å²) in [6.45, 7) is 8.11. The second-order valence-electron chi connectivity index (χ2n) is 10.3. The molecule has 2 aromatic heterocycles. The summed E-state index contributed by atoms with van der Waals surface area (Å²) in [4.78, 5) is 51.2. The van der Waals surface area contributed by atoms with Crippen LogP contribution in [-0.4, -0.2) is 62.9 Å². The maximum Gasteiger partial charge on any atom is 0.412 e. The average Bonchev–Trinajstić information content (AvgIpc) is 3.52. The van der Waals surface area contributed by atoms with Crippen LogP contribution in [0.1, 0.15) is 46.1 Å². The van der Waals surface area contributed by atoms with Crippen LogP contribution in [0.2, 0.25) is 0 Å². The summed E-state index contributed by atoms with van der Waals surface area (Å²) in [6.07, 6.45) is 0.240. The molecule has 3 aromatic rings. The summed E-state index contributed by atoms with van der Waals surface area (Å²) in [7, 11) is 3.09. The summed E-state index contributed by atoms with van der Waals surface area (Å²) < 4.78 is 12.5. The fourth-order valence-corrected chi connectivity index (χ4v) is 5.04. The van der Waals surface area contributed by atoms with E-state index >= 15 is 0 Å². The molecule has 2 amide bonds. The average molecular weight is 543 g/mol. The molecular weight excluding hydrogens is 508 g/mol. The van der Waals surface area contributed by atoms with Gasteiger partial charge in [-0.05, 0) is 46.1 Å². The lowest BCUT2D eigenvalue weighted by molar-refractivity contribution is -0.122. The zero-order valence-corrected chi connectivity index (χ0v) is 23.4. The van der Waals surface area contributed by atoms with E-state index in [9.17, 15) is 14.4 Å². The van der Waals surface area contributed by atoms with Crippen LogP contribution in [0.3, 0.4) is 0 Å². The van der Waals surface area contributed by atoms with E-state index in [1.54, 1.807) is 41.8 Å². The van der Waals surface area contributed by atoms with Crippen molar-refractivity contribution < 1.29 is 19.1 Å². The van der Waals surface area contributed by atoms with Crippen LogP contribution in [0.4, 0.5) is 9.93 Å². The summed E-state index contributed by atoms with van der Waals surface area (Å²) >= 11 is 1.24. The van der Waals surface area contributed by atoms with Crippen molar-refractivity contribution in [1.29, 1.82) is 0 Å². The second kappa shape index (κ2) is 11.0. The molecule has 1 aliphatic heterocycles. The van der Waals surface area contributed by atoms with Crippen LogP contribution < -0.4 is 20.5 Å². The number of carbonyl (C=O) groups is 2. The molecule has 3 heterocycles. The molecule has 12 heteroatoms. The quantitative estimate of drug-likeness (QED) is 0.452. The van der Waals surface area contributed by atoms with E-state index in [1.807, 2.05) is 35.2 Å². The number of benzene rings is 1. The number of thiazole rings is 1.